The first-order chi connectivity index (χ1) is 10.8. The van der Waals surface area contributed by atoms with Crippen molar-refractivity contribution in [2.45, 2.75) is 49.7 Å². The van der Waals surface area contributed by atoms with Crippen LogP contribution in [0.25, 0.3) is 0 Å². The second-order valence-corrected chi connectivity index (χ2v) is 7.16. The summed E-state index contributed by atoms with van der Waals surface area (Å²) in [5.41, 5.74) is 3.00. The van der Waals surface area contributed by atoms with Gasteiger partial charge in [0, 0.05) is 28.7 Å². The van der Waals surface area contributed by atoms with Crippen LogP contribution in [0.15, 0.2) is 6.07 Å². The first-order valence-corrected chi connectivity index (χ1v) is 8.48. The highest BCUT2D eigenvalue weighted by molar-refractivity contribution is 5.64. The van der Waals surface area contributed by atoms with Gasteiger partial charge in [-0.15, -0.1) is 0 Å². The fourth-order valence-corrected chi connectivity index (χ4v) is 5.85. The maximum atomic E-state index is 6.46. The minimum Gasteiger partial charge on any atom is -0.493 e. The summed E-state index contributed by atoms with van der Waals surface area (Å²) < 4.78 is 17.8. The highest BCUT2D eigenvalue weighted by Gasteiger charge is 2.62. The molecular formula is C18H23NO3. The standard InChI is InChI=1S/C18H23NO3/c1-20-14-9-13-16-10(17(14)21-2)8-12-11-4-3-5-15(22-13)18(11,16)6-7-19-12/h9,11-12,15,19H,3-8H2,1-2H3/t11-,12+,15-,18+/m0/s1. The van der Waals surface area contributed by atoms with E-state index in [9.17, 15) is 0 Å². The number of ether oxygens (including phenoxy) is 3. The molecule has 4 heteroatoms. The number of rotatable bonds is 2. The lowest BCUT2D eigenvalue weighted by Gasteiger charge is -2.55. The molecule has 1 spiro atoms. The summed E-state index contributed by atoms with van der Waals surface area (Å²) in [6.07, 6.45) is 6.36. The summed E-state index contributed by atoms with van der Waals surface area (Å²) in [5, 5.41) is 3.77. The molecule has 1 N–H and O–H groups in total. The van der Waals surface area contributed by atoms with Crippen molar-refractivity contribution in [3.05, 3.63) is 17.2 Å². The van der Waals surface area contributed by atoms with Crippen LogP contribution in [0.2, 0.25) is 0 Å². The van der Waals surface area contributed by atoms with Crippen molar-refractivity contribution in [2.24, 2.45) is 5.92 Å². The van der Waals surface area contributed by atoms with Gasteiger partial charge in [0.05, 0.1) is 14.2 Å². The molecule has 0 radical (unpaired) electrons. The van der Waals surface area contributed by atoms with Crippen molar-refractivity contribution in [1.29, 1.82) is 0 Å². The Balaban J connectivity index is 1.81. The lowest BCUT2D eigenvalue weighted by molar-refractivity contribution is 0.00312. The van der Waals surface area contributed by atoms with Crippen LogP contribution in [0.1, 0.15) is 36.8 Å². The molecule has 2 aliphatic heterocycles. The number of hydrogen-bond donors (Lipinski definition) is 1. The van der Waals surface area contributed by atoms with Gasteiger partial charge in [0.25, 0.3) is 0 Å². The van der Waals surface area contributed by atoms with E-state index in [4.69, 9.17) is 14.2 Å². The first-order valence-electron chi connectivity index (χ1n) is 8.48. The third-order valence-corrected chi connectivity index (χ3v) is 6.54. The van der Waals surface area contributed by atoms with Crippen molar-refractivity contribution in [3.63, 3.8) is 0 Å². The highest BCUT2D eigenvalue weighted by atomic mass is 16.5. The molecule has 118 valence electrons. The van der Waals surface area contributed by atoms with E-state index in [0.717, 1.165) is 30.2 Å². The van der Waals surface area contributed by atoms with Crippen LogP contribution in [0, 0.1) is 5.92 Å². The average molecular weight is 301 g/mol. The molecule has 4 aliphatic rings. The van der Waals surface area contributed by atoms with Gasteiger partial charge in [-0.1, -0.05) is 0 Å². The number of methoxy groups -OCH3 is 2. The number of piperidine rings is 1. The van der Waals surface area contributed by atoms with Crippen molar-refractivity contribution < 1.29 is 14.2 Å². The first kappa shape index (κ1) is 13.1. The molecule has 2 bridgehead atoms. The summed E-state index contributed by atoms with van der Waals surface area (Å²) in [4.78, 5) is 0. The maximum Gasteiger partial charge on any atom is 0.164 e. The topological polar surface area (TPSA) is 39.7 Å². The Morgan fingerprint density at radius 3 is 3.00 bits per heavy atom. The summed E-state index contributed by atoms with van der Waals surface area (Å²) in [6.45, 7) is 1.11. The molecule has 2 fully saturated rings. The quantitative estimate of drug-likeness (QED) is 0.910. The van der Waals surface area contributed by atoms with Gasteiger partial charge in [0.15, 0.2) is 11.5 Å². The molecule has 4 nitrogen and oxygen atoms in total. The fourth-order valence-electron chi connectivity index (χ4n) is 5.85. The Hall–Kier alpha value is -1.42. The zero-order chi connectivity index (χ0) is 14.9. The molecule has 0 amide bonds. The number of hydrogen-bond acceptors (Lipinski definition) is 4. The van der Waals surface area contributed by atoms with Crippen molar-refractivity contribution in [2.75, 3.05) is 20.8 Å². The molecule has 0 aromatic heterocycles. The van der Waals surface area contributed by atoms with Gasteiger partial charge in [-0.05, 0) is 44.6 Å². The smallest absolute Gasteiger partial charge is 0.164 e. The van der Waals surface area contributed by atoms with E-state index >= 15 is 0 Å². The van der Waals surface area contributed by atoms with Gasteiger partial charge in [-0.2, -0.15) is 0 Å². The largest absolute Gasteiger partial charge is 0.493 e. The van der Waals surface area contributed by atoms with Gasteiger partial charge in [-0.3, -0.25) is 0 Å². The summed E-state index contributed by atoms with van der Waals surface area (Å²) >= 11 is 0. The second-order valence-electron chi connectivity index (χ2n) is 7.16. The summed E-state index contributed by atoms with van der Waals surface area (Å²) in [7, 11) is 3.46. The van der Waals surface area contributed by atoms with Crippen LogP contribution in [0.5, 0.6) is 17.2 Å². The normalized spacial score (nSPS) is 37.3. The Labute approximate surface area is 131 Å². The number of nitrogens with one attached hydrogen (secondary N) is 1. The molecule has 0 unspecified atom stereocenters. The van der Waals surface area contributed by atoms with Gasteiger partial charge >= 0.3 is 0 Å². The molecule has 4 atom stereocenters. The predicted octanol–water partition coefficient (Wildman–Crippen LogP) is 2.42. The summed E-state index contributed by atoms with van der Waals surface area (Å²) in [5.74, 6) is 3.50. The molecule has 1 saturated heterocycles. The van der Waals surface area contributed by atoms with Gasteiger partial charge in [0.1, 0.15) is 11.9 Å². The minimum absolute atomic E-state index is 0.219. The Bertz CT molecular complexity index is 644. The molecule has 2 aliphatic carbocycles. The van der Waals surface area contributed by atoms with E-state index in [-0.39, 0.29) is 5.41 Å². The third-order valence-electron chi connectivity index (χ3n) is 6.54. The predicted molar refractivity (Wildman–Crippen MR) is 83.1 cm³/mol. The zero-order valence-corrected chi connectivity index (χ0v) is 13.3. The number of benzene rings is 1. The van der Waals surface area contributed by atoms with Gasteiger partial charge < -0.3 is 19.5 Å². The van der Waals surface area contributed by atoms with Crippen LogP contribution in [-0.4, -0.2) is 32.9 Å². The van der Waals surface area contributed by atoms with E-state index < -0.39 is 0 Å². The third kappa shape index (κ3) is 1.34. The van der Waals surface area contributed by atoms with E-state index in [0.29, 0.717) is 18.1 Å². The Kier molecular flexibility index (Phi) is 2.56. The highest BCUT2D eigenvalue weighted by Crippen LogP contribution is 2.63. The van der Waals surface area contributed by atoms with E-state index in [1.165, 1.54) is 36.8 Å². The molecular weight excluding hydrogens is 278 g/mol. The second kappa shape index (κ2) is 4.31. The van der Waals surface area contributed by atoms with Crippen LogP contribution in [0.4, 0.5) is 0 Å². The van der Waals surface area contributed by atoms with Crippen molar-refractivity contribution >= 4 is 0 Å². The van der Waals surface area contributed by atoms with Gasteiger partial charge in [0.2, 0.25) is 0 Å². The Morgan fingerprint density at radius 1 is 1.27 bits per heavy atom. The minimum atomic E-state index is 0.219. The van der Waals surface area contributed by atoms with Crippen molar-refractivity contribution in [3.8, 4) is 17.2 Å². The molecule has 22 heavy (non-hydrogen) atoms. The SMILES string of the molecule is COc1cc2c3c(c1OC)C[C@H]1NCC[C@@]34[C@H](CCC[C@@H]14)O2. The lowest BCUT2D eigenvalue weighted by Crippen LogP contribution is -2.63. The molecule has 1 aromatic carbocycles. The van der Waals surface area contributed by atoms with E-state index in [2.05, 4.69) is 11.4 Å². The van der Waals surface area contributed by atoms with Crippen LogP contribution < -0.4 is 19.5 Å². The lowest BCUT2D eigenvalue weighted by atomic mass is 9.52. The maximum absolute atomic E-state index is 6.46. The molecule has 1 aromatic rings. The monoisotopic (exact) mass is 301 g/mol. The Morgan fingerprint density at radius 2 is 2.18 bits per heavy atom. The van der Waals surface area contributed by atoms with Crippen LogP contribution in [-0.2, 0) is 11.8 Å². The van der Waals surface area contributed by atoms with Crippen molar-refractivity contribution in [1.82, 2.24) is 5.32 Å². The fraction of sp³-hybridized carbons (Fsp3) is 0.667. The molecule has 5 rings (SSSR count). The zero-order valence-electron chi connectivity index (χ0n) is 13.3. The summed E-state index contributed by atoms with van der Waals surface area (Å²) in [6, 6.07) is 2.61. The average Bonchev–Trinajstić information content (AvgIpc) is 2.85. The molecule has 1 saturated carbocycles. The molecule has 2 heterocycles. The van der Waals surface area contributed by atoms with Gasteiger partial charge in [-0.25, -0.2) is 0 Å². The van der Waals surface area contributed by atoms with E-state index in [1.807, 2.05) is 0 Å². The van der Waals surface area contributed by atoms with Crippen LogP contribution >= 0.6 is 0 Å². The van der Waals surface area contributed by atoms with E-state index in [1.54, 1.807) is 14.2 Å². The van der Waals surface area contributed by atoms with Crippen LogP contribution in [0.3, 0.4) is 0 Å².